The molecule has 0 aromatic carbocycles. The summed E-state index contributed by atoms with van der Waals surface area (Å²) in [5, 5.41) is 8.79. The second-order valence-corrected chi connectivity index (χ2v) is 11.3. The second-order valence-electron chi connectivity index (χ2n) is 11.3. The first kappa shape index (κ1) is 40.6. The van der Waals surface area contributed by atoms with Gasteiger partial charge < -0.3 is 9.84 Å². The van der Waals surface area contributed by atoms with Gasteiger partial charge in [0, 0.05) is 11.6 Å². The lowest BCUT2D eigenvalue weighted by Crippen LogP contribution is -2.01. The van der Waals surface area contributed by atoms with E-state index in [0.29, 0.717) is 12.2 Å². The molecule has 0 rings (SSSR count). The van der Waals surface area contributed by atoms with Crippen LogP contribution < -0.4 is 0 Å². The number of allylic oxidation sites excluding steroid dienone is 1. The molecule has 0 amide bonds. The Kier molecular flexibility index (Phi) is 35.9. The van der Waals surface area contributed by atoms with E-state index in [1.165, 1.54) is 141 Å². The van der Waals surface area contributed by atoms with Crippen LogP contribution in [0.5, 0.6) is 0 Å². The Morgan fingerprint density at radius 3 is 1.25 bits per heavy atom. The van der Waals surface area contributed by atoms with Gasteiger partial charge in [-0.25, -0.2) is 9.59 Å². The number of aliphatic carboxylic acids is 1. The van der Waals surface area contributed by atoms with Gasteiger partial charge in [-0.2, -0.15) is 0 Å². The Balaban J connectivity index is 0. The van der Waals surface area contributed by atoms with E-state index < -0.39 is 5.97 Å². The second kappa shape index (κ2) is 35.4. The Hall–Kier alpha value is -1.58. The first-order valence-electron chi connectivity index (χ1n) is 17.2. The van der Waals surface area contributed by atoms with Gasteiger partial charge in [0.1, 0.15) is 0 Å². The Labute approximate surface area is 249 Å². The number of carbonyl (C=O) groups is 2. The largest absolute Gasteiger partial charge is 0.478 e. The van der Waals surface area contributed by atoms with Crippen molar-refractivity contribution in [2.45, 2.75) is 188 Å². The van der Waals surface area contributed by atoms with Crippen molar-refractivity contribution in [1.82, 2.24) is 0 Å². The zero-order valence-corrected chi connectivity index (χ0v) is 27.1. The SMILES string of the molecule is C=CC(=O)OCCCCCCCCCCCCCCCCCCCCCC.CCC=C(CCCCCC)C(=O)O. The van der Waals surface area contributed by atoms with E-state index in [2.05, 4.69) is 20.4 Å². The van der Waals surface area contributed by atoms with Crippen LogP contribution in [0.4, 0.5) is 0 Å². The minimum absolute atomic E-state index is 0.298. The third-order valence-electron chi connectivity index (χ3n) is 7.43. The number of unbranched alkanes of at least 4 members (excludes halogenated alkanes) is 22. The number of carbonyl (C=O) groups excluding carboxylic acids is 1. The lowest BCUT2D eigenvalue weighted by molar-refractivity contribution is -0.138. The van der Waals surface area contributed by atoms with Crippen molar-refractivity contribution in [2.24, 2.45) is 0 Å². The highest BCUT2D eigenvalue weighted by atomic mass is 16.5. The average molecular weight is 565 g/mol. The van der Waals surface area contributed by atoms with Crippen molar-refractivity contribution in [3.8, 4) is 0 Å². The van der Waals surface area contributed by atoms with E-state index in [-0.39, 0.29) is 5.97 Å². The van der Waals surface area contributed by atoms with Gasteiger partial charge in [0.2, 0.25) is 0 Å². The van der Waals surface area contributed by atoms with Crippen molar-refractivity contribution in [1.29, 1.82) is 0 Å². The molecule has 0 saturated heterocycles. The molecule has 0 bridgehead atoms. The van der Waals surface area contributed by atoms with Gasteiger partial charge in [-0.3, -0.25) is 0 Å². The fourth-order valence-corrected chi connectivity index (χ4v) is 4.87. The molecule has 1 N–H and O–H groups in total. The highest BCUT2D eigenvalue weighted by Crippen LogP contribution is 2.15. The predicted octanol–water partition coefficient (Wildman–Crippen LogP) is 11.9. The minimum atomic E-state index is -0.752. The minimum Gasteiger partial charge on any atom is -0.478 e. The molecule has 4 heteroatoms. The van der Waals surface area contributed by atoms with Crippen molar-refractivity contribution >= 4 is 11.9 Å². The van der Waals surface area contributed by atoms with Crippen LogP contribution >= 0.6 is 0 Å². The number of hydrogen-bond acceptors (Lipinski definition) is 3. The summed E-state index contributed by atoms with van der Waals surface area (Å²) in [5.74, 6) is -1.05. The van der Waals surface area contributed by atoms with Crippen LogP contribution in [0.1, 0.15) is 188 Å². The van der Waals surface area contributed by atoms with E-state index in [1.807, 2.05) is 13.0 Å². The summed E-state index contributed by atoms with van der Waals surface area (Å²) in [6, 6.07) is 0. The van der Waals surface area contributed by atoms with E-state index in [4.69, 9.17) is 9.84 Å². The van der Waals surface area contributed by atoms with E-state index >= 15 is 0 Å². The summed E-state index contributed by atoms with van der Waals surface area (Å²) in [6.07, 6.45) is 36.8. The highest BCUT2D eigenvalue weighted by Gasteiger charge is 2.05. The van der Waals surface area contributed by atoms with Crippen LogP contribution in [-0.2, 0) is 14.3 Å². The number of hydrogen-bond donors (Lipinski definition) is 1. The smallest absolute Gasteiger partial charge is 0.331 e. The number of ether oxygens (including phenoxy) is 1. The molecule has 0 aromatic heterocycles. The van der Waals surface area contributed by atoms with Crippen LogP contribution in [0.2, 0.25) is 0 Å². The highest BCUT2D eigenvalue weighted by molar-refractivity contribution is 5.86. The molecule has 4 nitrogen and oxygen atoms in total. The molecule has 0 saturated carbocycles. The topological polar surface area (TPSA) is 63.6 Å². The third kappa shape index (κ3) is 34.4. The van der Waals surface area contributed by atoms with Crippen LogP contribution in [0.3, 0.4) is 0 Å². The van der Waals surface area contributed by atoms with Gasteiger partial charge in [0.25, 0.3) is 0 Å². The lowest BCUT2D eigenvalue weighted by Gasteiger charge is -2.04. The van der Waals surface area contributed by atoms with Crippen molar-refractivity contribution in [2.75, 3.05) is 6.61 Å². The quantitative estimate of drug-likeness (QED) is 0.0557. The zero-order chi connectivity index (χ0) is 29.9. The number of carboxylic acids is 1. The molecule has 0 atom stereocenters. The first-order valence-corrected chi connectivity index (χ1v) is 17.2. The molecule has 0 aliphatic rings. The fraction of sp³-hybridized carbons (Fsp3) is 0.833. The molecule has 0 heterocycles. The molecule has 0 aliphatic heterocycles. The fourth-order valence-electron chi connectivity index (χ4n) is 4.87. The Bertz CT molecular complexity index is 581. The van der Waals surface area contributed by atoms with E-state index in [0.717, 1.165) is 32.1 Å². The molecule has 0 unspecified atom stereocenters. The number of esters is 1. The van der Waals surface area contributed by atoms with Crippen LogP contribution in [0.25, 0.3) is 0 Å². The Morgan fingerprint density at radius 1 is 0.575 bits per heavy atom. The van der Waals surface area contributed by atoms with Gasteiger partial charge in [-0.05, 0) is 25.7 Å². The summed E-state index contributed by atoms with van der Waals surface area (Å²) in [4.78, 5) is 21.6. The van der Waals surface area contributed by atoms with Crippen LogP contribution in [0.15, 0.2) is 24.3 Å². The number of rotatable bonds is 29. The van der Waals surface area contributed by atoms with Gasteiger partial charge in [0.05, 0.1) is 6.61 Å². The van der Waals surface area contributed by atoms with Crippen molar-refractivity contribution < 1.29 is 19.4 Å². The molecule has 0 aromatic rings. The molecule has 0 spiro atoms. The maximum Gasteiger partial charge on any atom is 0.331 e. The normalized spacial score (nSPS) is 11.1. The summed E-state index contributed by atoms with van der Waals surface area (Å²) in [5.41, 5.74) is 0.582. The molecule has 0 fully saturated rings. The van der Waals surface area contributed by atoms with Crippen LogP contribution in [0, 0.1) is 0 Å². The third-order valence-corrected chi connectivity index (χ3v) is 7.43. The van der Waals surface area contributed by atoms with Gasteiger partial charge >= 0.3 is 11.9 Å². The Morgan fingerprint density at radius 2 is 0.925 bits per heavy atom. The first-order chi connectivity index (χ1) is 19.5. The van der Waals surface area contributed by atoms with Crippen molar-refractivity contribution in [3.63, 3.8) is 0 Å². The van der Waals surface area contributed by atoms with E-state index in [9.17, 15) is 9.59 Å². The standard InChI is InChI=1S/C25H48O2.C11H20O2/c1-3-5-6-7-8-9-10-11-12-13-14-15-16-17-18-19-20-21-22-23-24-27-25(26)4-2;1-3-5-6-7-9-10(8-4-2)11(12)13/h4H,2-3,5-24H2,1H3;8H,3-7,9H2,1-2H3,(H,12,13). The average Bonchev–Trinajstić information content (AvgIpc) is 2.95. The molecule has 0 radical (unpaired) electrons. The maximum absolute atomic E-state index is 10.9. The van der Waals surface area contributed by atoms with Crippen LogP contribution in [-0.4, -0.2) is 23.7 Å². The maximum atomic E-state index is 10.9. The molecule has 236 valence electrons. The number of carboxylic acid groups (broad SMARTS) is 1. The summed E-state index contributed by atoms with van der Waals surface area (Å²) >= 11 is 0. The van der Waals surface area contributed by atoms with Crippen molar-refractivity contribution in [3.05, 3.63) is 24.3 Å². The zero-order valence-electron chi connectivity index (χ0n) is 27.1. The van der Waals surface area contributed by atoms with Gasteiger partial charge in [-0.1, -0.05) is 175 Å². The molecule has 40 heavy (non-hydrogen) atoms. The summed E-state index contributed by atoms with van der Waals surface area (Å²) < 4.78 is 4.97. The van der Waals surface area contributed by atoms with E-state index in [1.54, 1.807) is 0 Å². The lowest BCUT2D eigenvalue weighted by atomic mass is 10.0. The predicted molar refractivity (Wildman–Crippen MR) is 174 cm³/mol. The van der Waals surface area contributed by atoms with Gasteiger partial charge in [0.15, 0.2) is 0 Å². The summed E-state index contributed by atoms with van der Waals surface area (Å²) in [7, 11) is 0. The van der Waals surface area contributed by atoms with Gasteiger partial charge in [-0.15, -0.1) is 0 Å². The monoisotopic (exact) mass is 565 g/mol. The molecule has 0 aliphatic carbocycles. The summed E-state index contributed by atoms with van der Waals surface area (Å²) in [6.45, 7) is 10.3. The molecular weight excluding hydrogens is 496 g/mol. The molecular formula is C36H68O4.